The highest BCUT2D eigenvalue weighted by molar-refractivity contribution is 5.66. The lowest BCUT2D eigenvalue weighted by molar-refractivity contribution is -0.0494. The Kier molecular flexibility index (Phi) is 4.68. The van der Waals surface area contributed by atoms with Gasteiger partial charge in [0.15, 0.2) is 0 Å². The van der Waals surface area contributed by atoms with Crippen molar-refractivity contribution in [1.29, 1.82) is 0 Å². The molecule has 0 aliphatic rings. The fourth-order valence-corrected chi connectivity index (χ4v) is 1.78. The van der Waals surface area contributed by atoms with E-state index in [1.54, 1.807) is 24.4 Å². The van der Waals surface area contributed by atoms with Crippen molar-refractivity contribution in [3.05, 3.63) is 36.3 Å². The van der Waals surface area contributed by atoms with E-state index in [0.717, 1.165) is 5.82 Å². The van der Waals surface area contributed by atoms with E-state index in [1.807, 2.05) is 13.8 Å². The van der Waals surface area contributed by atoms with Crippen LogP contribution in [0.4, 0.5) is 8.78 Å². The van der Waals surface area contributed by atoms with Crippen molar-refractivity contribution in [2.45, 2.75) is 33.0 Å². The molecular weight excluding hydrogens is 264 g/mol. The molecule has 0 amide bonds. The number of hydrogen-bond acceptors (Lipinski definition) is 3. The van der Waals surface area contributed by atoms with Gasteiger partial charge < -0.3 is 15.0 Å². The van der Waals surface area contributed by atoms with Crippen LogP contribution in [0.2, 0.25) is 0 Å². The third kappa shape index (κ3) is 3.77. The topological polar surface area (TPSA) is 49.9 Å². The van der Waals surface area contributed by atoms with Crippen LogP contribution in [0.25, 0.3) is 11.3 Å². The molecule has 4 nitrogen and oxygen atoms in total. The van der Waals surface area contributed by atoms with Gasteiger partial charge in [-0.15, -0.1) is 0 Å². The number of hydrogen-bond donors (Lipinski definition) is 2. The number of aromatic amines is 1. The number of aromatic nitrogens is 2. The van der Waals surface area contributed by atoms with Crippen LogP contribution in [0.5, 0.6) is 5.75 Å². The van der Waals surface area contributed by atoms with Crippen LogP contribution < -0.4 is 10.1 Å². The molecule has 20 heavy (non-hydrogen) atoms. The maximum absolute atomic E-state index is 12.4. The molecular formula is C14H17F2N3O. The van der Waals surface area contributed by atoms with Crippen LogP contribution in [0.15, 0.2) is 30.5 Å². The summed E-state index contributed by atoms with van der Waals surface area (Å²) in [6.07, 6.45) is 1.62. The molecule has 0 spiro atoms. The summed E-state index contributed by atoms with van der Waals surface area (Å²) < 4.78 is 29.3. The summed E-state index contributed by atoms with van der Waals surface area (Å²) in [4.78, 5) is 7.32. The standard InChI is InChI=1S/C14H17F2N3O/c1-9(2)17-8-13-18-7-11(19-13)10-5-3-4-6-12(10)20-14(15)16/h3-7,9,14,17H,8H2,1-2H3,(H,18,19). The van der Waals surface area contributed by atoms with E-state index in [2.05, 4.69) is 20.0 Å². The van der Waals surface area contributed by atoms with E-state index >= 15 is 0 Å². The van der Waals surface area contributed by atoms with E-state index in [4.69, 9.17) is 0 Å². The Labute approximate surface area is 116 Å². The largest absolute Gasteiger partial charge is 0.434 e. The molecule has 0 fully saturated rings. The van der Waals surface area contributed by atoms with Crippen molar-refractivity contribution in [3.63, 3.8) is 0 Å². The van der Waals surface area contributed by atoms with Crippen LogP contribution in [0.3, 0.4) is 0 Å². The maximum atomic E-state index is 12.4. The number of para-hydroxylation sites is 1. The molecule has 2 aromatic rings. The summed E-state index contributed by atoms with van der Waals surface area (Å²) in [5, 5.41) is 3.23. The number of imidazole rings is 1. The number of halogens is 2. The van der Waals surface area contributed by atoms with E-state index < -0.39 is 6.61 Å². The summed E-state index contributed by atoms with van der Waals surface area (Å²) >= 11 is 0. The summed E-state index contributed by atoms with van der Waals surface area (Å²) in [7, 11) is 0. The highest BCUT2D eigenvalue weighted by atomic mass is 19.3. The average Bonchev–Trinajstić information content (AvgIpc) is 2.85. The van der Waals surface area contributed by atoms with Crippen molar-refractivity contribution >= 4 is 0 Å². The average molecular weight is 281 g/mol. The van der Waals surface area contributed by atoms with Gasteiger partial charge in [-0.25, -0.2) is 4.98 Å². The fourth-order valence-electron chi connectivity index (χ4n) is 1.78. The third-order valence-electron chi connectivity index (χ3n) is 2.70. The van der Waals surface area contributed by atoms with Crippen LogP contribution in [-0.2, 0) is 6.54 Å². The van der Waals surface area contributed by atoms with Crippen LogP contribution in [0, 0.1) is 0 Å². The summed E-state index contributed by atoms with van der Waals surface area (Å²) in [6.45, 7) is 1.82. The molecule has 0 aliphatic heterocycles. The zero-order valence-corrected chi connectivity index (χ0v) is 11.4. The first-order valence-corrected chi connectivity index (χ1v) is 6.37. The highest BCUT2D eigenvalue weighted by Crippen LogP contribution is 2.29. The molecule has 0 bridgehead atoms. The van der Waals surface area contributed by atoms with Crippen LogP contribution in [0.1, 0.15) is 19.7 Å². The zero-order valence-electron chi connectivity index (χ0n) is 11.4. The Morgan fingerprint density at radius 1 is 1.30 bits per heavy atom. The number of nitrogens with zero attached hydrogens (tertiary/aromatic N) is 1. The van der Waals surface area contributed by atoms with Crippen molar-refractivity contribution in [2.24, 2.45) is 0 Å². The predicted molar refractivity (Wildman–Crippen MR) is 72.6 cm³/mol. The first-order chi connectivity index (χ1) is 9.56. The molecule has 0 unspecified atom stereocenters. The zero-order chi connectivity index (χ0) is 14.5. The Morgan fingerprint density at radius 2 is 2.05 bits per heavy atom. The second-order valence-corrected chi connectivity index (χ2v) is 4.65. The molecule has 6 heteroatoms. The number of rotatable bonds is 6. The summed E-state index contributed by atoms with van der Waals surface area (Å²) in [6, 6.07) is 6.98. The number of alkyl halides is 2. The van der Waals surface area contributed by atoms with E-state index in [0.29, 0.717) is 23.8 Å². The number of ether oxygens (including phenoxy) is 1. The Bertz CT molecular complexity index is 555. The molecule has 0 atom stereocenters. The Hall–Kier alpha value is -1.95. The minimum atomic E-state index is -2.85. The van der Waals surface area contributed by atoms with Gasteiger partial charge >= 0.3 is 6.61 Å². The van der Waals surface area contributed by atoms with Crippen LogP contribution >= 0.6 is 0 Å². The Balaban J connectivity index is 2.19. The molecule has 2 rings (SSSR count). The minimum Gasteiger partial charge on any atom is -0.434 e. The van der Waals surface area contributed by atoms with Crippen molar-refractivity contribution in [2.75, 3.05) is 0 Å². The lowest BCUT2D eigenvalue weighted by Crippen LogP contribution is -2.22. The van der Waals surface area contributed by atoms with E-state index in [1.165, 1.54) is 6.07 Å². The quantitative estimate of drug-likeness (QED) is 0.855. The number of benzene rings is 1. The van der Waals surface area contributed by atoms with E-state index in [-0.39, 0.29) is 5.75 Å². The van der Waals surface area contributed by atoms with Gasteiger partial charge in [-0.1, -0.05) is 26.0 Å². The molecule has 0 radical (unpaired) electrons. The summed E-state index contributed by atoms with van der Waals surface area (Å²) in [5.41, 5.74) is 1.22. The summed E-state index contributed by atoms with van der Waals surface area (Å²) in [5.74, 6) is 0.884. The maximum Gasteiger partial charge on any atom is 0.387 e. The number of H-pyrrole nitrogens is 1. The van der Waals surface area contributed by atoms with Crippen molar-refractivity contribution < 1.29 is 13.5 Å². The normalized spacial score (nSPS) is 11.3. The molecule has 0 aliphatic carbocycles. The van der Waals surface area contributed by atoms with Gasteiger partial charge in [-0.05, 0) is 12.1 Å². The lowest BCUT2D eigenvalue weighted by Gasteiger charge is -2.09. The van der Waals surface area contributed by atoms with Gasteiger partial charge in [0.2, 0.25) is 0 Å². The second kappa shape index (κ2) is 6.47. The molecule has 0 saturated carbocycles. The SMILES string of the molecule is CC(C)NCc1ncc(-c2ccccc2OC(F)F)[nH]1. The van der Waals surface area contributed by atoms with Gasteiger partial charge in [0, 0.05) is 11.6 Å². The van der Waals surface area contributed by atoms with Gasteiger partial charge in [-0.2, -0.15) is 8.78 Å². The number of nitrogens with one attached hydrogen (secondary N) is 2. The highest BCUT2D eigenvalue weighted by Gasteiger charge is 2.12. The van der Waals surface area contributed by atoms with Gasteiger partial charge in [0.25, 0.3) is 0 Å². The molecule has 2 N–H and O–H groups in total. The van der Waals surface area contributed by atoms with Gasteiger partial charge in [0.05, 0.1) is 18.4 Å². The molecule has 0 saturated heterocycles. The molecule has 108 valence electrons. The van der Waals surface area contributed by atoms with Crippen LogP contribution in [-0.4, -0.2) is 22.6 Å². The lowest BCUT2D eigenvalue weighted by atomic mass is 10.1. The molecule has 1 heterocycles. The van der Waals surface area contributed by atoms with Gasteiger partial charge in [-0.3, -0.25) is 0 Å². The monoisotopic (exact) mass is 281 g/mol. The smallest absolute Gasteiger partial charge is 0.387 e. The Morgan fingerprint density at radius 3 is 2.75 bits per heavy atom. The van der Waals surface area contributed by atoms with Crippen molar-refractivity contribution in [1.82, 2.24) is 15.3 Å². The third-order valence-corrected chi connectivity index (χ3v) is 2.70. The van der Waals surface area contributed by atoms with Crippen molar-refractivity contribution in [3.8, 4) is 17.0 Å². The van der Waals surface area contributed by atoms with E-state index in [9.17, 15) is 8.78 Å². The molecule has 1 aromatic carbocycles. The fraction of sp³-hybridized carbons (Fsp3) is 0.357. The first-order valence-electron chi connectivity index (χ1n) is 6.37. The second-order valence-electron chi connectivity index (χ2n) is 4.65. The van der Waals surface area contributed by atoms with Gasteiger partial charge in [0.1, 0.15) is 11.6 Å². The minimum absolute atomic E-state index is 0.134. The predicted octanol–water partition coefficient (Wildman–Crippen LogP) is 3.18. The molecule has 1 aromatic heterocycles. The first kappa shape index (κ1) is 14.5.